The lowest BCUT2D eigenvalue weighted by Gasteiger charge is -1.98. The van der Waals surface area contributed by atoms with Gasteiger partial charge < -0.3 is 4.98 Å². The van der Waals surface area contributed by atoms with E-state index in [4.69, 9.17) is 0 Å². The molecule has 2 nitrogen and oxygen atoms in total. The predicted octanol–water partition coefficient (Wildman–Crippen LogP) is 2.47. The maximum absolute atomic E-state index is 11.5. The van der Waals surface area contributed by atoms with E-state index in [1.54, 1.807) is 6.20 Å². The van der Waals surface area contributed by atoms with Crippen LogP contribution in [0.1, 0.15) is 5.56 Å². The summed E-state index contributed by atoms with van der Waals surface area (Å²) in [5.41, 5.74) is 1.98. The summed E-state index contributed by atoms with van der Waals surface area (Å²) < 4.78 is 0. The quantitative estimate of drug-likeness (QED) is 0.744. The molecule has 0 radical (unpaired) electrons. The topological polar surface area (TPSA) is 32.9 Å². The number of fused-ring (bicyclic) bond motifs is 1. The second-order valence-electron chi connectivity index (χ2n) is 3.23. The van der Waals surface area contributed by atoms with Crippen molar-refractivity contribution in [3.63, 3.8) is 0 Å². The molecule has 76 valence electrons. The molecule has 0 spiro atoms. The van der Waals surface area contributed by atoms with Crippen molar-refractivity contribution < 1.29 is 0 Å². The first-order valence-corrected chi connectivity index (χ1v) is 5.33. The molecule has 2 aromatic rings. The van der Waals surface area contributed by atoms with Gasteiger partial charge in [0.25, 0.3) is 0 Å². The van der Waals surface area contributed by atoms with Crippen molar-refractivity contribution in [1.29, 1.82) is 0 Å². The summed E-state index contributed by atoms with van der Waals surface area (Å²) in [6.45, 7) is 0. The first-order chi connectivity index (χ1) is 7.31. The Morgan fingerprint density at radius 3 is 3.00 bits per heavy atom. The van der Waals surface area contributed by atoms with Gasteiger partial charge in [-0.3, -0.25) is 4.79 Å². The summed E-state index contributed by atoms with van der Waals surface area (Å²) in [5.74, 6) is 0.712. The predicted molar refractivity (Wildman–Crippen MR) is 67.5 cm³/mol. The summed E-state index contributed by atoms with van der Waals surface area (Å²) in [6, 6.07) is 7.26. The third-order valence-electron chi connectivity index (χ3n) is 2.20. The van der Waals surface area contributed by atoms with Gasteiger partial charge in [0.05, 0.1) is 0 Å². The maximum Gasteiger partial charge on any atom is 0.189 e. The number of hydrogen-bond donors (Lipinski definition) is 2. The lowest BCUT2D eigenvalue weighted by atomic mass is 10.1. The second kappa shape index (κ2) is 4.36. The molecule has 15 heavy (non-hydrogen) atoms. The van der Waals surface area contributed by atoms with Gasteiger partial charge in [-0.1, -0.05) is 18.2 Å². The third kappa shape index (κ3) is 2.13. The van der Waals surface area contributed by atoms with Crippen molar-refractivity contribution in [2.24, 2.45) is 0 Å². The first-order valence-electron chi connectivity index (χ1n) is 4.70. The molecule has 0 bridgehead atoms. The van der Waals surface area contributed by atoms with Crippen LogP contribution in [0.25, 0.3) is 17.0 Å². The molecule has 0 atom stereocenters. The minimum atomic E-state index is 0.0495. The molecular formula is C12H11NOS. The van der Waals surface area contributed by atoms with Crippen LogP contribution >= 0.6 is 12.6 Å². The van der Waals surface area contributed by atoms with Crippen LogP contribution in [0.4, 0.5) is 0 Å². The number of hydrogen-bond acceptors (Lipinski definition) is 2. The van der Waals surface area contributed by atoms with E-state index in [1.807, 2.05) is 30.4 Å². The molecule has 0 aliphatic rings. The zero-order valence-corrected chi connectivity index (χ0v) is 9.00. The van der Waals surface area contributed by atoms with Gasteiger partial charge in [0.1, 0.15) is 0 Å². The molecule has 1 N–H and O–H groups in total. The van der Waals surface area contributed by atoms with Gasteiger partial charge in [0.2, 0.25) is 0 Å². The number of H-pyrrole nitrogens is 1. The molecule has 0 amide bonds. The average Bonchev–Trinajstić information content (AvgIpc) is 2.26. The molecule has 0 saturated heterocycles. The largest absolute Gasteiger partial charge is 0.361 e. The fourth-order valence-corrected chi connectivity index (χ4v) is 1.59. The fraction of sp³-hybridized carbons (Fsp3) is 0.0833. The molecule has 3 heteroatoms. The molecule has 1 aromatic heterocycles. The number of aromatic nitrogens is 1. The van der Waals surface area contributed by atoms with Crippen molar-refractivity contribution in [2.75, 3.05) is 5.75 Å². The number of thiol groups is 1. The average molecular weight is 217 g/mol. The van der Waals surface area contributed by atoms with E-state index in [1.165, 1.54) is 6.07 Å². The number of aromatic amines is 1. The van der Waals surface area contributed by atoms with Crippen molar-refractivity contribution in [3.05, 3.63) is 52.3 Å². The zero-order valence-electron chi connectivity index (χ0n) is 8.10. The van der Waals surface area contributed by atoms with Crippen molar-refractivity contribution in [3.8, 4) is 0 Å². The Labute approximate surface area is 93.1 Å². The van der Waals surface area contributed by atoms with Crippen LogP contribution in [0, 0.1) is 0 Å². The molecule has 1 heterocycles. The van der Waals surface area contributed by atoms with Gasteiger partial charge in [-0.25, -0.2) is 0 Å². The van der Waals surface area contributed by atoms with Crippen LogP contribution < -0.4 is 5.43 Å². The van der Waals surface area contributed by atoms with Crippen LogP contribution in [-0.4, -0.2) is 10.7 Å². The van der Waals surface area contributed by atoms with E-state index in [9.17, 15) is 4.79 Å². The van der Waals surface area contributed by atoms with Crippen molar-refractivity contribution >= 4 is 29.6 Å². The Morgan fingerprint density at radius 1 is 1.33 bits per heavy atom. The summed E-state index contributed by atoms with van der Waals surface area (Å²) in [5, 5.41) is 0.723. The van der Waals surface area contributed by atoms with Crippen LogP contribution in [0.3, 0.4) is 0 Å². The highest BCUT2D eigenvalue weighted by molar-refractivity contribution is 7.80. The van der Waals surface area contributed by atoms with Crippen LogP contribution in [0.2, 0.25) is 0 Å². The van der Waals surface area contributed by atoms with E-state index >= 15 is 0 Å². The summed E-state index contributed by atoms with van der Waals surface area (Å²) in [4.78, 5) is 14.5. The van der Waals surface area contributed by atoms with Crippen molar-refractivity contribution in [2.45, 2.75) is 0 Å². The van der Waals surface area contributed by atoms with E-state index in [2.05, 4.69) is 17.6 Å². The Kier molecular flexibility index (Phi) is 2.92. The van der Waals surface area contributed by atoms with E-state index < -0.39 is 0 Å². The minimum absolute atomic E-state index is 0.0495. The normalized spacial score (nSPS) is 11.3. The lowest BCUT2D eigenvalue weighted by Crippen LogP contribution is -1.99. The SMILES string of the molecule is O=c1cc[nH]c2cc(C=CCS)ccc12. The van der Waals surface area contributed by atoms with Crippen molar-refractivity contribution in [1.82, 2.24) is 4.98 Å². The van der Waals surface area contributed by atoms with E-state index in [-0.39, 0.29) is 5.43 Å². The van der Waals surface area contributed by atoms with Gasteiger partial charge in [-0.05, 0) is 17.7 Å². The monoisotopic (exact) mass is 217 g/mol. The highest BCUT2D eigenvalue weighted by Gasteiger charge is 1.97. The Bertz CT molecular complexity index is 557. The highest BCUT2D eigenvalue weighted by atomic mass is 32.1. The van der Waals surface area contributed by atoms with E-state index in [0.29, 0.717) is 5.75 Å². The van der Waals surface area contributed by atoms with Gasteiger partial charge >= 0.3 is 0 Å². The molecule has 0 aliphatic heterocycles. The fourth-order valence-electron chi connectivity index (χ4n) is 1.49. The van der Waals surface area contributed by atoms with Gasteiger partial charge in [0, 0.05) is 28.9 Å². The standard InChI is InChI=1S/C12H11NOS/c14-12-5-6-13-11-8-9(2-1-7-15)3-4-10(11)12/h1-6,8,15H,7H2,(H,13,14). The number of benzene rings is 1. The summed E-state index contributed by atoms with van der Waals surface area (Å²) >= 11 is 4.10. The van der Waals surface area contributed by atoms with Crippen LogP contribution in [0.5, 0.6) is 0 Å². The molecule has 0 unspecified atom stereocenters. The first kappa shape index (κ1) is 10.1. The second-order valence-corrected chi connectivity index (χ2v) is 3.60. The lowest BCUT2D eigenvalue weighted by molar-refractivity contribution is 1.39. The minimum Gasteiger partial charge on any atom is -0.361 e. The van der Waals surface area contributed by atoms with Gasteiger partial charge in [0.15, 0.2) is 5.43 Å². The Hall–Kier alpha value is -1.48. The van der Waals surface area contributed by atoms with E-state index in [0.717, 1.165) is 16.5 Å². The smallest absolute Gasteiger partial charge is 0.189 e. The number of rotatable bonds is 2. The third-order valence-corrected chi connectivity index (χ3v) is 2.41. The highest BCUT2D eigenvalue weighted by Crippen LogP contribution is 2.11. The summed E-state index contributed by atoms with van der Waals surface area (Å²) in [6.07, 6.45) is 5.61. The number of nitrogens with one attached hydrogen (secondary N) is 1. The number of pyridine rings is 1. The maximum atomic E-state index is 11.5. The molecule has 0 saturated carbocycles. The van der Waals surface area contributed by atoms with Crippen LogP contribution in [0.15, 0.2) is 41.3 Å². The summed E-state index contributed by atoms with van der Waals surface area (Å²) in [7, 11) is 0. The molecule has 1 aromatic carbocycles. The molecule has 2 rings (SSSR count). The Balaban J connectivity index is 2.57. The molecular weight excluding hydrogens is 206 g/mol. The zero-order chi connectivity index (χ0) is 10.7. The van der Waals surface area contributed by atoms with Gasteiger partial charge in [-0.2, -0.15) is 12.6 Å². The Morgan fingerprint density at radius 2 is 2.20 bits per heavy atom. The van der Waals surface area contributed by atoms with Gasteiger partial charge in [-0.15, -0.1) is 0 Å². The molecule has 0 fully saturated rings. The molecule has 0 aliphatic carbocycles. The van der Waals surface area contributed by atoms with Crippen LogP contribution in [-0.2, 0) is 0 Å².